The number of anilines is 3. The third kappa shape index (κ3) is 4.96. The first-order chi connectivity index (χ1) is 25.8. The quantitative estimate of drug-likeness (QED) is 0.165. The molecule has 2 heteroatoms. The fourth-order valence-corrected chi connectivity index (χ4v) is 7.84. The van der Waals surface area contributed by atoms with E-state index >= 15 is 0 Å². The Morgan fingerprint density at radius 3 is 1.42 bits per heavy atom. The van der Waals surface area contributed by atoms with Gasteiger partial charge in [-0.15, -0.1) is 0 Å². The lowest BCUT2D eigenvalue weighted by Gasteiger charge is -2.30. The average Bonchev–Trinajstić information content (AvgIpc) is 3.61. The number of fused-ring (bicyclic) bond motifs is 6. The minimum absolute atomic E-state index is 0.860. The molecule has 0 aliphatic heterocycles. The normalized spacial score (nSPS) is 11.5. The first kappa shape index (κ1) is 30.0. The van der Waals surface area contributed by atoms with E-state index in [0.717, 1.165) is 44.6 Å². The molecule has 10 aromatic rings. The zero-order chi connectivity index (χ0) is 34.4. The molecule has 9 aromatic carbocycles. The largest absolute Gasteiger partial charge is 0.454 e. The van der Waals surface area contributed by atoms with E-state index in [1.165, 1.54) is 49.4 Å². The summed E-state index contributed by atoms with van der Waals surface area (Å²) in [7, 11) is 0. The molecule has 0 saturated carbocycles. The van der Waals surface area contributed by atoms with Gasteiger partial charge in [-0.3, -0.25) is 0 Å². The number of rotatable bonds is 6. The maximum Gasteiger partial charge on any atom is 0.159 e. The van der Waals surface area contributed by atoms with E-state index in [1.807, 2.05) is 6.07 Å². The highest BCUT2D eigenvalue weighted by Gasteiger charge is 2.26. The van der Waals surface area contributed by atoms with Crippen molar-refractivity contribution in [1.82, 2.24) is 0 Å². The molecule has 0 aliphatic carbocycles. The van der Waals surface area contributed by atoms with Gasteiger partial charge in [-0.1, -0.05) is 176 Å². The Bertz CT molecular complexity index is 2870. The van der Waals surface area contributed by atoms with Crippen molar-refractivity contribution in [1.29, 1.82) is 0 Å². The zero-order valence-electron chi connectivity index (χ0n) is 28.4. The monoisotopic (exact) mass is 663 g/mol. The van der Waals surface area contributed by atoms with E-state index in [-0.39, 0.29) is 0 Å². The van der Waals surface area contributed by atoms with Crippen molar-refractivity contribution in [3.8, 4) is 33.4 Å². The SMILES string of the molecule is c1ccc(-c2ccc(-c3c(N(c4ccc(-c5ccccc5)cc4)c4cccc5c4oc4ccccc45)c4ccccc4c4ccccc34)cc2)cc1. The summed E-state index contributed by atoms with van der Waals surface area (Å²) < 4.78 is 6.77. The summed E-state index contributed by atoms with van der Waals surface area (Å²) >= 11 is 0. The van der Waals surface area contributed by atoms with Crippen LogP contribution in [0.2, 0.25) is 0 Å². The van der Waals surface area contributed by atoms with Gasteiger partial charge in [0.15, 0.2) is 5.58 Å². The molecule has 0 N–H and O–H groups in total. The minimum atomic E-state index is 0.860. The van der Waals surface area contributed by atoms with Crippen LogP contribution in [0, 0.1) is 0 Å². The molecule has 0 spiro atoms. The van der Waals surface area contributed by atoms with Crippen LogP contribution in [0.1, 0.15) is 0 Å². The van der Waals surface area contributed by atoms with Gasteiger partial charge in [0.1, 0.15) is 5.58 Å². The fourth-order valence-electron chi connectivity index (χ4n) is 7.84. The molecule has 2 nitrogen and oxygen atoms in total. The molecule has 0 unspecified atom stereocenters. The van der Waals surface area contributed by atoms with E-state index in [2.05, 4.69) is 199 Å². The lowest BCUT2D eigenvalue weighted by atomic mass is 9.89. The Hall–Kier alpha value is -6.90. The molecule has 52 heavy (non-hydrogen) atoms. The molecular formula is C50H33NO. The van der Waals surface area contributed by atoms with Crippen LogP contribution < -0.4 is 4.90 Å². The molecule has 10 rings (SSSR count). The second kappa shape index (κ2) is 12.5. The van der Waals surface area contributed by atoms with Crippen molar-refractivity contribution in [2.75, 3.05) is 4.90 Å². The van der Waals surface area contributed by atoms with Gasteiger partial charge in [-0.05, 0) is 68.2 Å². The van der Waals surface area contributed by atoms with Crippen LogP contribution >= 0.6 is 0 Å². The molecule has 1 aromatic heterocycles. The summed E-state index contributed by atoms with van der Waals surface area (Å²) in [6.45, 7) is 0. The number of para-hydroxylation sites is 2. The van der Waals surface area contributed by atoms with Crippen LogP contribution in [0.15, 0.2) is 205 Å². The summed E-state index contributed by atoms with van der Waals surface area (Å²) in [6.07, 6.45) is 0. The van der Waals surface area contributed by atoms with E-state index in [0.29, 0.717) is 0 Å². The van der Waals surface area contributed by atoms with E-state index in [1.54, 1.807) is 0 Å². The third-order valence-corrected chi connectivity index (χ3v) is 10.3. The maximum atomic E-state index is 6.77. The summed E-state index contributed by atoms with van der Waals surface area (Å²) in [5, 5.41) is 7.01. The first-order valence-electron chi connectivity index (χ1n) is 17.8. The summed E-state index contributed by atoms with van der Waals surface area (Å²) in [5.41, 5.74) is 12.0. The highest BCUT2D eigenvalue weighted by atomic mass is 16.3. The third-order valence-electron chi connectivity index (χ3n) is 10.3. The summed E-state index contributed by atoms with van der Waals surface area (Å²) in [5.74, 6) is 0. The Morgan fingerprint density at radius 2 is 0.769 bits per heavy atom. The van der Waals surface area contributed by atoms with Gasteiger partial charge in [0.2, 0.25) is 0 Å². The lowest BCUT2D eigenvalue weighted by molar-refractivity contribution is 0.669. The number of hydrogen-bond donors (Lipinski definition) is 0. The van der Waals surface area contributed by atoms with Crippen LogP contribution in [0.5, 0.6) is 0 Å². The highest BCUT2D eigenvalue weighted by Crippen LogP contribution is 2.51. The molecule has 244 valence electrons. The fraction of sp³-hybridized carbons (Fsp3) is 0. The highest BCUT2D eigenvalue weighted by molar-refractivity contribution is 6.23. The van der Waals surface area contributed by atoms with Crippen LogP contribution in [0.25, 0.3) is 76.9 Å². The van der Waals surface area contributed by atoms with Crippen molar-refractivity contribution in [2.45, 2.75) is 0 Å². The number of hydrogen-bond acceptors (Lipinski definition) is 2. The van der Waals surface area contributed by atoms with Gasteiger partial charge >= 0.3 is 0 Å². The van der Waals surface area contributed by atoms with Crippen molar-refractivity contribution in [3.63, 3.8) is 0 Å². The molecule has 0 radical (unpaired) electrons. The maximum absolute atomic E-state index is 6.77. The topological polar surface area (TPSA) is 16.4 Å². The second-order valence-electron chi connectivity index (χ2n) is 13.3. The van der Waals surface area contributed by atoms with Crippen LogP contribution in [-0.2, 0) is 0 Å². The van der Waals surface area contributed by atoms with Crippen molar-refractivity contribution >= 4 is 60.5 Å². The number of furan rings is 1. The average molecular weight is 664 g/mol. The Balaban J connectivity index is 1.30. The summed E-state index contributed by atoms with van der Waals surface area (Å²) in [6, 6.07) is 71.7. The van der Waals surface area contributed by atoms with Gasteiger partial charge in [0, 0.05) is 27.4 Å². The molecule has 0 atom stereocenters. The molecule has 0 aliphatic rings. The minimum Gasteiger partial charge on any atom is -0.454 e. The standard InChI is InChI=1S/C50H33NO/c1-3-14-34(15-4-1)36-26-28-38(29-27-36)48-43-21-9-7-18-40(43)41-19-8-10-22-44(41)49(48)51(39-32-30-37(31-33-39)35-16-5-2-6-17-35)46-24-13-23-45-42-20-11-12-25-47(42)52-50(45)46/h1-33H. The Kier molecular flexibility index (Phi) is 7.18. The molecular weight excluding hydrogens is 631 g/mol. The zero-order valence-corrected chi connectivity index (χ0v) is 28.4. The number of benzene rings is 9. The van der Waals surface area contributed by atoms with Gasteiger partial charge in [-0.25, -0.2) is 0 Å². The molecule has 0 bridgehead atoms. The van der Waals surface area contributed by atoms with Crippen LogP contribution in [0.4, 0.5) is 17.1 Å². The van der Waals surface area contributed by atoms with Crippen molar-refractivity contribution < 1.29 is 4.42 Å². The van der Waals surface area contributed by atoms with Gasteiger partial charge in [-0.2, -0.15) is 0 Å². The summed E-state index contributed by atoms with van der Waals surface area (Å²) in [4.78, 5) is 2.43. The van der Waals surface area contributed by atoms with Gasteiger partial charge in [0.25, 0.3) is 0 Å². The molecule has 1 heterocycles. The predicted octanol–water partition coefficient (Wildman–Crippen LogP) is 14.4. The van der Waals surface area contributed by atoms with Gasteiger partial charge < -0.3 is 9.32 Å². The Morgan fingerprint density at radius 1 is 0.308 bits per heavy atom. The van der Waals surface area contributed by atoms with E-state index in [4.69, 9.17) is 4.42 Å². The number of nitrogens with zero attached hydrogens (tertiary/aromatic N) is 1. The van der Waals surface area contributed by atoms with Crippen LogP contribution in [0.3, 0.4) is 0 Å². The molecule has 0 amide bonds. The lowest BCUT2D eigenvalue weighted by Crippen LogP contribution is -2.12. The van der Waals surface area contributed by atoms with Crippen molar-refractivity contribution in [2.24, 2.45) is 0 Å². The second-order valence-corrected chi connectivity index (χ2v) is 13.3. The first-order valence-corrected chi connectivity index (χ1v) is 17.8. The van der Waals surface area contributed by atoms with E-state index < -0.39 is 0 Å². The Labute approximate surface area is 302 Å². The van der Waals surface area contributed by atoms with Crippen LogP contribution in [-0.4, -0.2) is 0 Å². The predicted molar refractivity (Wildman–Crippen MR) is 220 cm³/mol. The molecule has 0 fully saturated rings. The smallest absolute Gasteiger partial charge is 0.159 e. The molecule has 0 saturated heterocycles. The van der Waals surface area contributed by atoms with Gasteiger partial charge in [0.05, 0.1) is 11.4 Å². The van der Waals surface area contributed by atoms with E-state index in [9.17, 15) is 0 Å². The van der Waals surface area contributed by atoms with Crippen molar-refractivity contribution in [3.05, 3.63) is 200 Å².